The summed E-state index contributed by atoms with van der Waals surface area (Å²) in [6, 6.07) is 0. The van der Waals surface area contributed by atoms with Crippen LogP contribution in [0, 0.1) is 11.8 Å². The SMILES string of the molecule is CC1CCC(CO)(NCC2CCCN(S(C)(=O)=O)C2)CC1. The van der Waals surface area contributed by atoms with Crippen molar-refractivity contribution in [3.63, 3.8) is 0 Å². The van der Waals surface area contributed by atoms with Gasteiger partial charge in [-0.05, 0) is 56.9 Å². The van der Waals surface area contributed by atoms with Crippen molar-refractivity contribution in [3.8, 4) is 0 Å². The summed E-state index contributed by atoms with van der Waals surface area (Å²) in [6.07, 6.45) is 7.65. The van der Waals surface area contributed by atoms with Crippen molar-refractivity contribution >= 4 is 10.0 Å². The lowest BCUT2D eigenvalue weighted by Gasteiger charge is -2.41. The van der Waals surface area contributed by atoms with E-state index in [1.165, 1.54) is 6.26 Å². The van der Waals surface area contributed by atoms with E-state index in [0.29, 0.717) is 19.0 Å². The van der Waals surface area contributed by atoms with Crippen LogP contribution in [0.1, 0.15) is 45.4 Å². The van der Waals surface area contributed by atoms with E-state index in [1.807, 2.05) is 0 Å². The first-order chi connectivity index (χ1) is 9.85. The molecule has 21 heavy (non-hydrogen) atoms. The molecule has 1 aliphatic heterocycles. The minimum atomic E-state index is -3.07. The number of aliphatic hydroxyl groups is 1. The summed E-state index contributed by atoms with van der Waals surface area (Å²) in [6.45, 7) is 4.53. The second-order valence-corrected chi connectivity index (χ2v) is 9.11. The summed E-state index contributed by atoms with van der Waals surface area (Å²) in [5, 5.41) is 13.3. The zero-order valence-corrected chi connectivity index (χ0v) is 14.2. The summed E-state index contributed by atoms with van der Waals surface area (Å²) in [5.41, 5.74) is -0.139. The second-order valence-electron chi connectivity index (χ2n) is 7.13. The average molecular weight is 318 g/mol. The molecule has 1 atom stereocenters. The molecule has 124 valence electrons. The van der Waals surface area contributed by atoms with Gasteiger partial charge in [0.05, 0.1) is 12.9 Å². The lowest BCUT2D eigenvalue weighted by Crippen LogP contribution is -2.53. The van der Waals surface area contributed by atoms with Crippen molar-refractivity contribution in [3.05, 3.63) is 0 Å². The molecule has 0 aromatic heterocycles. The van der Waals surface area contributed by atoms with E-state index in [1.54, 1.807) is 4.31 Å². The Morgan fingerprint density at radius 1 is 1.29 bits per heavy atom. The molecule has 0 spiro atoms. The highest BCUT2D eigenvalue weighted by atomic mass is 32.2. The summed E-state index contributed by atoms with van der Waals surface area (Å²) in [5.74, 6) is 1.11. The Morgan fingerprint density at radius 2 is 1.95 bits per heavy atom. The van der Waals surface area contributed by atoms with E-state index < -0.39 is 10.0 Å². The van der Waals surface area contributed by atoms with Crippen LogP contribution in [0.3, 0.4) is 0 Å². The van der Waals surface area contributed by atoms with Gasteiger partial charge in [0.15, 0.2) is 0 Å². The summed E-state index contributed by atoms with van der Waals surface area (Å²) >= 11 is 0. The van der Waals surface area contributed by atoms with Crippen LogP contribution in [0.15, 0.2) is 0 Å². The lowest BCUT2D eigenvalue weighted by molar-refractivity contribution is 0.0971. The number of aliphatic hydroxyl groups excluding tert-OH is 1. The van der Waals surface area contributed by atoms with E-state index in [-0.39, 0.29) is 12.1 Å². The van der Waals surface area contributed by atoms with Gasteiger partial charge in [-0.15, -0.1) is 0 Å². The van der Waals surface area contributed by atoms with Crippen molar-refractivity contribution in [2.45, 2.75) is 51.0 Å². The maximum Gasteiger partial charge on any atom is 0.211 e. The minimum Gasteiger partial charge on any atom is -0.394 e. The van der Waals surface area contributed by atoms with E-state index in [2.05, 4.69) is 12.2 Å². The number of hydrogen-bond acceptors (Lipinski definition) is 4. The van der Waals surface area contributed by atoms with Crippen molar-refractivity contribution in [1.82, 2.24) is 9.62 Å². The van der Waals surface area contributed by atoms with E-state index in [4.69, 9.17) is 0 Å². The van der Waals surface area contributed by atoms with Crippen LogP contribution in [0.2, 0.25) is 0 Å². The monoisotopic (exact) mass is 318 g/mol. The van der Waals surface area contributed by atoms with Crippen LogP contribution < -0.4 is 5.32 Å². The molecule has 0 bridgehead atoms. The van der Waals surface area contributed by atoms with Gasteiger partial charge in [-0.2, -0.15) is 0 Å². The van der Waals surface area contributed by atoms with Crippen LogP contribution in [0.25, 0.3) is 0 Å². The molecule has 1 heterocycles. The van der Waals surface area contributed by atoms with Gasteiger partial charge in [0.25, 0.3) is 0 Å². The Kier molecular flexibility index (Phi) is 5.68. The highest BCUT2D eigenvalue weighted by Crippen LogP contribution is 2.32. The van der Waals surface area contributed by atoms with E-state index >= 15 is 0 Å². The van der Waals surface area contributed by atoms with Gasteiger partial charge in [-0.1, -0.05) is 6.92 Å². The molecule has 2 N–H and O–H groups in total. The molecule has 1 saturated carbocycles. The third-order valence-electron chi connectivity index (χ3n) is 5.25. The molecule has 0 radical (unpaired) electrons. The zero-order valence-electron chi connectivity index (χ0n) is 13.3. The molecule has 2 aliphatic rings. The third-order valence-corrected chi connectivity index (χ3v) is 6.52. The second kappa shape index (κ2) is 6.94. The summed E-state index contributed by atoms with van der Waals surface area (Å²) in [7, 11) is -3.07. The maximum atomic E-state index is 11.7. The zero-order chi connectivity index (χ0) is 15.5. The number of rotatable bonds is 5. The minimum absolute atomic E-state index is 0.139. The van der Waals surface area contributed by atoms with Crippen molar-refractivity contribution in [2.24, 2.45) is 11.8 Å². The topological polar surface area (TPSA) is 69.6 Å². The van der Waals surface area contributed by atoms with Gasteiger partial charge in [0, 0.05) is 18.6 Å². The molecule has 0 aromatic rings. The van der Waals surface area contributed by atoms with Gasteiger partial charge >= 0.3 is 0 Å². The molecular weight excluding hydrogens is 288 g/mol. The van der Waals surface area contributed by atoms with Crippen LogP contribution in [0.4, 0.5) is 0 Å². The van der Waals surface area contributed by atoms with Gasteiger partial charge in [-0.3, -0.25) is 0 Å². The van der Waals surface area contributed by atoms with Crippen LogP contribution in [-0.2, 0) is 10.0 Å². The Morgan fingerprint density at radius 3 is 2.52 bits per heavy atom. The number of nitrogens with zero attached hydrogens (tertiary/aromatic N) is 1. The average Bonchev–Trinajstić information content (AvgIpc) is 2.47. The highest BCUT2D eigenvalue weighted by Gasteiger charge is 2.34. The van der Waals surface area contributed by atoms with Crippen LogP contribution in [-0.4, -0.2) is 55.9 Å². The normalized spacial score (nSPS) is 35.8. The molecule has 1 saturated heterocycles. The fourth-order valence-corrected chi connectivity index (χ4v) is 4.50. The standard InChI is InChI=1S/C15H30N2O3S/c1-13-5-7-15(12-18,8-6-13)16-10-14-4-3-9-17(11-14)21(2,19)20/h13-14,16,18H,3-12H2,1-2H3. The van der Waals surface area contributed by atoms with Crippen molar-refractivity contribution < 1.29 is 13.5 Å². The first kappa shape index (κ1) is 17.2. The fraction of sp³-hybridized carbons (Fsp3) is 1.00. The van der Waals surface area contributed by atoms with E-state index in [9.17, 15) is 13.5 Å². The van der Waals surface area contributed by atoms with E-state index in [0.717, 1.165) is 51.0 Å². The number of hydrogen-bond donors (Lipinski definition) is 2. The van der Waals surface area contributed by atoms with Crippen molar-refractivity contribution in [1.29, 1.82) is 0 Å². The smallest absolute Gasteiger partial charge is 0.211 e. The van der Waals surface area contributed by atoms with Crippen LogP contribution >= 0.6 is 0 Å². The molecular formula is C15H30N2O3S. The molecule has 1 aliphatic carbocycles. The molecule has 2 rings (SSSR count). The first-order valence-electron chi connectivity index (χ1n) is 8.16. The molecule has 1 unspecified atom stereocenters. The van der Waals surface area contributed by atoms with Crippen molar-refractivity contribution in [2.75, 3.05) is 32.5 Å². The number of nitrogens with one attached hydrogen (secondary N) is 1. The third kappa shape index (κ3) is 4.65. The highest BCUT2D eigenvalue weighted by molar-refractivity contribution is 7.88. The maximum absolute atomic E-state index is 11.7. The fourth-order valence-electron chi connectivity index (χ4n) is 3.56. The van der Waals surface area contributed by atoms with Gasteiger partial charge < -0.3 is 10.4 Å². The number of piperidine rings is 1. The number of sulfonamides is 1. The molecule has 0 aromatic carbocycles. The predicted molar refractivity (Wildman–Crippen MR) is 84.6 cm³/mol. The Labute approximate surface area is 129 Å². The Balaban J connectivity index is 1.86. The van der Waals surface area contributed by atoms with Gasteiger partial charge in [0.2, 0.25) is 10.0 Å². The Bertz CT molecular complexity index is 430. The molecule has 0 amide bonds. The van der Waals surface area contributed by atoms with Gasteiger partial charge in [0.1, 0.15) is 0 Å². The molecule has 6 heteroatoms. The first-order valence-corrected chi connectivity index (χ1v) is 10.0. The predicted octanol–water partition coefficient (Wildman–Crippen LogP) is 1.19. The summed E-state index contributed by atoms with van der Waals surface area (Å²) < 4.78 is 24.9. The Hall–Kier alpha value is -0.170. The summed E-state index contributed by atoms with van der Waals surface area (Å²) in [4.78, 5) is 0. The van der Waals surface area contributed by atoms with Gasteiger partial charge in [-0.25, -0.2) is 12.7 Å². The molecule has 5 nitrogen and oxygen atoms in total. The largest absolute Gasteiger partial charge is 0.394 e. The lowest BCUT2D eigenvalue weighted by atomic mass is 9.77. The molecule has 2 fully saturated rings. The van der Waals surface area contributed by atoms with Crippen LogP contribution in [0.5, 0.6) is 0 Å². The quantitative estimate of drug-likeness (QED) is 0.799.